The zero-order valence-corrected chi connectivity index (χ0v) is 16.2. The number of nitrogens with zero attached hydrogens (tertiary/aromatic N) is 4. The maximum absolute atomic E-state index is 13.2. The Kier molecular flexibility index (Phi) is 5.12. The number of fused-ring (bicyclic) bond motifs is 4. The topological polar surface area (TPSA) is 39.7 Å². The number of hydrogen-bond acceptors (Lipinski definition) is 4. The summed E-state index contributed by atoms with van der Waals surface area (Å²) in [7, 11) is 4.03. The van der Waals surface area contributed by atoms with Crippen molar-refractivity contribution in [2.24, 2.45) is 5.92 Å². The minimum Gasteiger partial charge on any atom is -0.378 e. The van der Waals surface area contributed by atoms with E-state index < -0.39 is 0 Å². The molecule has 2 aromatic rings. The number of pyridine rings is 1. The summed E-state index contributed by atoms with van der Waals surface area (Å²) in [6.45, 7) is 3.81. The van der Waals surface area contributed by atoms with Crippen molar-refractivity contribution in [2.45, 2.75) is 25.4 Å². The zero-order chi connectivity index (χ0) is 18.8. The van der Waals surface area contributed by atoms with Crippen LogP contribution < -0.4 is 4.90 Å². The smallest absolute Gasteiger partial charge is 0.254 e. The Balaban J connectivity index is 1.47. The molecule has 1 aromatic heterocycles. The van der Waals surface area contributed by atoms with Crippen molar-refractivity contribution in [3.63, 3.8) is 0 Å². The van der Waals surface area contributed by atoms with E-state index in [1.165, 1.54) is 12.0 Å². The molecule has 0 saturated carbocycles. The number of carbonyl (C=O) groups excluding carboxylic acids is 1. The molecule has 3 aliphatic rings. The highest BCUT2D eigenvalue weighted by molar-refractivity contribution is 5.95. The molecule has 142 valence electrons. The summed E-state index contributed by atoms with van der Waals surface area (Å²) in [6, 6.07) is 12.4. The van der Waals surface area contributed by atoms with E-state index in [0.717, 1.165) is 43.9 Å². The van der Waals surface area contributed by atoms with Gasteiger partial charge in [0.25, 0.3) is 5.91 Å². The Morgan fingerprint density at radius 2 is 1.93 bits per heavy atom. The molecule has 5 rings (SSSR count). The van der Waals surface area contributed by atoms with E-state index in [-0.39, 0.29) is 5.91 Å². The molecule has 0 N–H and O–H groups in total. The minimum atomic E-state index is 0.179. The number of rotatable bonds is 4. The van der Waals surface area contributed by atoms with Gasteiger partial charge in [0.05, 0.1) is 0 Å². The summed E-state index contributed by atoms with van der Waals surface area (Å²) in [5, 5.41) is 0. The molecular formula is C22H28N4O. The molecule has 0 radical (unpaired) electrons. The number of hydrogen-bond donors (Lipinski definition) is 0. The van der Waals surface area contributed by atoms with Gasteiger partial charge in [-0.2, -0.15) is 0 Å². The van der Waals surface area contributed by atoms with Gasteiger partial charge in [-0.25, -0.2) is 0 Å². The number of benzene rings is 1. The van der Waals surface area contributed by atoms with E-state index in [4.69, 9.17) is 0 Å². The van der Waals surface area contributed by atoms with E-state index in [1.807, 2.05) is 56.8 Å². The number of amides is 1. The van der Waals surface area contributed by atoms with Crippen LogP contribution in [0.15, 0.2) is 48.8 Å². The summed E-state index contributed by atoms with van der Waals surface area (Å²) in [5.74, 6) is 0.739. The van der Waals surface area contributed by atoms with Gasteiger partial charge in [-0.15, -0.1) is 0 Å². The Morgan fingerprint density at radius 1 is 1.11 bits per heavy atom. The summed E-state index contributed by atoms with van der Waals surface area (Å²) >= 11 is 0. The van der Waals surface area contributed by atoms with Crippen molar-refractivity contribution in [3.05, 3.63) is 59.9 Å². The van der Waals surface area contributed by atoms with Crippen molar-refractivity contribution >= 4 is 11.6 Å². The first-order valence-electron chi connectivity index (χ1n) is 9.80. The second-order valence-electron chi connectivity index (χ2n) is 8.05. The Bertz CT molecular complexity index is 775. The lowest BCUT2D eigenvalue weighted by Crippen LogP contribution is -2.47. The lowest BCUT2D eigenvalue weighted by Gasteiger charge is -2.36. The van der Waals surface area contributed by atoms with Gasteiger partial charge in [-0.3, -0.25) is 14.7 Å². The fourth-order valence-corrected chi connectivity index (χ4v) is 4.37. The largest absolute Gasteiger partial charge is 0.378 e. The third-order valence-corrected chi connectivity index (χ3v) is 5.81. The molecule has 0 aliphatic carbocycles. The van der Waals surface area contributed by atoms with Crippen molar-refractivity contribution in [2.75, 3.05) is 38.6 Å². The zero-order valence-electron chi connectivity index (χ0n) is 16.2. The number of anilines is 1. The van der Waals surface area contributed by atoms with Crippen molar-refractivity contribution in [3.8, 4) is 0 Å². The molecular weight excluding hydrogens is 336 g/mol. The molecule has 3 aliphatic heterocycles. The average Bonchev–Trinajstić information content (AvgIpc) is 2.99. The minimum absolute atomic E-state index is 0.179. The van der Waals surface area contributed by atoms with Crippen molar-refractivity contribution < 1.29 is 4.79 Å². The first kappa shape index (κ1) is 18.0. The average molecular weight is 364 g/mol. The van der Waals surface area contributed by atoms with Crippen LogP contribution in [0.2, 0.25) is 0 Å². The van der Waals surface area contributed by atoms with Crippen LogP contribution in [-0.4, -0.2) is 60.5 Å². The predicted octanol–water partition coefficient (Wildman–Crippen LogP) is 2.88. The molecule has 2 bridgehead atoms. The standard InChI is InChI=1S/C22H28N4O/c1-24(2)20-9-6-19(7-10-20)22(27)26-15-18-5-8-21(26)16-25(14-18)13-17-4-3-11-23-12-17/h3-4,6-7,9-12,18,21H,5,8,13-16H2,1-2H3/t18-,21+/m0/s1. The first-order chi connectivity index (χ1) is 13.1. The van der Waals surface area contributed by atoms with Gasteiger partial charge >= 0.3 is 0 Å². The normalized spacial score (nSPS) is 22.5. The summed E-state index contributed by atoms with van der Waals surface area (Å²) in [4.78, 5) is 24.1. The monoisotopic (exact) mass is 364 g/mol. The van der Waals surface area contributed by atoms with Crippen LogP contribution in [0, 0.1) is 5.92 Å². The lowest BCUT2D eigenvalue weighted by molar-refractivity contribution is 0.0585. The SMILES string of the molecule is CN(C)c1ccc(C(=O)N2C[C@H]3CC[C@@H]2CN(Cc2cccnc2)C3)cc1. The van der Waals surface area contributed by atoms with Crippen LogP contribution in [0.25, 0.3) is 0 Å². The second-order valence-corrected chi connectivity index (χ2v) is 8.05. The van der Waals surface area contributed by atoms with Gasteiger partial charge in [0.2, 0.25) is 0 Å². The van der Waals surface area contributed by atoms with Gasteiger partial charge in [-0.05, 0) is 54.7 Å². The number of aromatic nitrogens is 1. The fraction of sp³-hybridized carbons (Fsp3) is 0.455. The predicted molar refractivity (Wildman–Crippen MR) is 108 cm³/mol. The van der Waals surface area contributed by atoms with Crippen LogP contribution in [0.1, 0.15) is 28.8 Å². The van der Waals surface area contributed by atoms with E-state index in [2.05, 4.69) is 25.8 Å². The Morgan fingerprint density at radius 3 is 2.63 bits per heavy atom. The van der Waals surface area contributed by atoms with Crippen molar-refractivity contribution in [1.82, 2.24) is 14.8 Å². The van der Waals surface area contributed by atoms with Crippen LogP contribution in [0.3, 0.4) is 0 Å². The van der Waals surface area contributed by atoms with Gasteiger partial charge in [0, 0.05) is 70.0 Å². The molecule has 3 fully saturated rings. The molecule has 0 spiro atoms. The molecule has 2 atom stereocenters. The van der Waals surface area contributed by atoms with Crippen LogP contribution in [0.5, 0.6) is 0 Å². The molecule has 1 aromatic carbocycles. The molecule has 27 heavy (non-hydrogen) atoms. The molecule has 5 heteroatoms. The summed E-state index contributed by atoms with van der Waals surface area (Å²) < 4.78 is 0. The van der Waals surface area contributed by atoms with Gasteiger partial charge in [0.1, 0.15) is 0 Å². The van der Waals surface area contributed by atoms with E-state index >= 15 is 0 Å². The molecule has 1 amide bonds. The Labute approximate surface area is 161 Å². The van der Waals surface area contributed by atoms with Gasteiger partial charge < -0.3 is 9.80 Å². The Hall–Kier alpha value is -2.40. The summed E-state index contributed by atoms with van der Waals surface area (Å²) in [5.41, 5.74) is 3.16. The first-order valence-corrected chi connectivity index (χ1v) is 9.80. The highest BCUT2D eigenvalue weighted by Gasteiger charge is 2.37. The number of piperidine rings is 1. The maximum atomic E-state index is 13.2. The maximum Gasteiger partial charge on any atom is 0.254 e. The van der Waals surface area contributed by atoms with E-state index in [1.54, 1.807) is 0 Å². The van der Waals surface area contributed by atoms with E-state index in [9.17, 15) is 4.79 Å². The van der Waals surface area contributed by atoms with Gasteiger partial charge in [-0.1, -0.05) is 6.07 Å². The summed E-state index contributed by atoms with van der Waals surface area (Å²) in [6.07, 6.45) is 6.09. The third-order valence-electron chi connectivity index (χ3n) is 5.81. The van der Waals surface area contributed by atoms with Crippen LogP contribution in [-0.2, 0) is 6.54 Å². The molecule has 5 nitrogen and oxygen atoms in total. The van der Waals surface area contributed by atoms with Crippen LogP contribution >= 0.6 is 0 Å². The van der Waals surface area contributed by atoms with Crippen molar-refractivity contribution in [1.29, 1.82) is 0 Å². The lowest BCUT2D eigenvalue weighted by atomic mass is 9.94. The molecule has 3 saturated heterocycles. The highest BCUT2D eigenvalue weighted by atomic mass is 16.2. The molecule has 0 unspecified atom stereocenters. The van der Waals surface area contributed by atoms with E-state index in [0.29, 0.717) is 12.0 Å². The quantitative estimate of drug-likeness (QED) is 0.836. The highest BCUT2D eigenvalue weighted by Crippen LogP contribution is 2.30. The van der Waals surface area contributed by atoms with Gasteiger partial charge in [0.15, 0.2) is 0 Å². The van der Waals surface area contributed by atoms with Crippen LogP contribution in [0.4, 0.5) is 5.69 Å². The fourth-order valence-electron chi connectivity index (χ4n) is 4.37. The second kappa shape index (κ2) is 7.69. The molecule has 4 heterocycles. The number of carbonyl (C=O) groups is 1. The third kappa shape index (κ3) is 3.98.